The second-order valence-corrected chi connectivity index (χ2v) is 9.46. The molecule has 1 amide bonds. The predicted octanol–water partition coefficient (Wildman–Crippen LogP) is 2.77. The van der Waals surface area contributed by atoms with Gasteiger partial charge in [0.05, 0.1) is 0 Å². The van der Waals surface area contributed by atoms with Crippen LogP contribution in [0.5, 0.6) is 0 Å². The lowest BCUT2D eigenvalue weighted by Gasteiger charge is -2.18. The molecule has 136 valence electrons. The molecule has 2 rings (SSSR count). The Balaban J connectivity index is 2.02. The quantitative estimate of drug-likeness (QED) is 0.681. The van der Waals surface area contributed by atoms with Crippen LogP contribution in [0.3, 0.4) is 0 Å². The molecule has 0 aliphatic carbocycles. The average Bonchev–Trinajstić information content (AvgIpc) is 3.13. The minimum absolute atomic E-state index is 0.216. The summed E-state index contributed by atoms with van der Waals surface area (Å²) in [6.45, 7) is 2.37. The molecular weight excluding hydrogens is 376 g/mol. The fourth-order valence-electron chi connectivity index (χ4n) is 2.16. The lowest BCUT2D eigenvalue weighted by Crippen LogP contribution is -2.46. The molecule has 0 fully saturated rings. The fourth-order valence-corrected chi connectivity index (χ4v) is 4.87. The summed E-state index contributed by atoms with van der Waals surface area (Å²) < 4.78 is 27.5. The summed E-state index contributed by atoms with van der Waals surface area (Å²) in [4.78, 5) is 12.5. The predicted molar refractivity (Wildman–Crippen MR) is 104 cm³/mol. The summed E-state index contributed by atoms with van der Waals surface area (Å²) in [6, 6.07) is 10.3. The van der Waals surface area contributed by atoms with Crippen molar-refractivity contribution in [3.05, 3.63) is 52.9 Å². The normalized spacial score (nSPS) is 12.7. The van der Waals surface area contributed by atoms with Crippen molar-refractivity contribution in [3.8, 4) is 0 Å². The van der Waals surface area contributed by atoms with Gasteiger partial charge in [-0.15, -0.1) is 11.3 Å². The lowest BCUT2D eigenvalue weighted by atomic mass is 10.1. The van der Waals surface area contributed by atoms with Crippen LogP contribution in [0.25, 0.3) is 0 Å². The fraction of sp³-hybridized carbons (Fsp3) is 0.353. The molecule has 5 nitrogen and oxygen atoms in total. The monoisotopic (exact) mass is 398 g/mol. The maximum absolute atomic E-state index is 12.5. The zero-order valence-corrected chi connectivity index (χ0v) is 16.6. The third-order valence-electron chi connectivity index (χ3n) is 3.57. The molecule has 0 aliphatic heterocycles. The van der Waals surface area contributed by atoms with Gasteiger partial charge in [-0.25, -0.2) is 8.42 Å². The number of rotatable bonds is 9. The van der Waals surface area contributed by atoms with Crippen molar-refractivity contribution in [2.75, 3.05) is 12.0 Å². The second-order valence-electron chi connectivity index (χ2n) is 5.59. The van der Waals surface area contributed by atoms with Crippen LogP contribution in [0.15, 0.2) is 46.0 Å². The minimum Gasteiger partial charge on any atom is -0.351 e. The van der Waals surface area contributed by atoms with Crippen molar-refractivity contribution in [2.45, 2.75) is 30.1 Å². The van der Waals surface area contributed by atoms with Crippen molar-refractivity contribution in [1.82, 2.24) is 10.0 Å². The van der Waals surface area contributed by atoms with Gasteiger partial charge in [-0.3, -0.25) is 4.79 Å². The van der Waals surface area contributed by atoms with E-state index in [2.05, 4.69) is 10.0 Å². The molecule has 25 heavy (non-hydrogen) atoms. The molecular formula is C17H22N2O3S3. The molecule has 2 aromatic rings. The molecule has 0 saturated heterocycles. The molecule has 1 atom stereocenters. The first kappa shape index (κ1) is 20.0. The van der Waals surface area contributed by atoms with Gasteiger partial charge in [-0.05, 0) is 42.4 Å². The zero-order valence-electron chi connectivity index (χ0n) is 14.2. The van der Waals surface area contributed by atoms with Crippen LogP contribution >= 0.6 is 23.1 Å². The van der Waals surface area contributed by atoms with E-state index in [1.54, 1.807) is 23.2 Å². The molecule has 2 N–H and O–H groups in total. The molecule has 0 saturated carbocycles. The van der Waals surface area contributed by atoms with Crippen molar-refractivity contribution < 1.29 is 13.2 Å². The molecule has 1 aromatic carbocycles. The number of aryl methyl sites for hydroxylation is 1. The highest BCUT2D eigenvalue weighted by molar-refractivity contribution is 7.98. The van der Waals surface area contributed by atoms with E-state index in [1.807, 2.05) is 37.4 Å². The first-order valence-corrected chi connectivity index (χ1v) is 11.6. The van der Waals surface area contributed by atoms with Gasteiger partial charge in [-0.1, -0.05) is 35.9 Å². The summed E-state index contributed by atoms with van der Waals surface area (Å²) >= 11 is 2.71. The number of hydrogen-bond donors (Lipinski definition) is 2. The Bertz CT molecular complexity index is 772. The number of carbonyl (C=O) groups is 1. The Morgan fingerprint density at radius 2 is 1.96 bits per heavy atom. The van der Waals surface area contributed by atoms with Crippen LogP contribution in [0.1, 0.15) is 17.5 Å². The van der Waals surface area contributed by atoms with Gasteiger partial charge >= 0.3 is 0 Å². The number of amides is 1. The van der Waals surface area contributed by atoms with Gasteiger partial charge in [-0.2, -0.15) is 16.5 Å². The highest BCUT2D eigenvalue weighted by atomic mass is 32.2. The van der Waals surface area contributed by atoms with Crippen molar-refractivity contribution in [2.24, 2.45) is 0 Å². The van der Waals surface area contributed by atoms with Crippen molar-refractivity contribution >= 4 is 39.0 Å². The van der Waals surface area contributed by atoms with Gasteiger partial charge in [0.15, 0.2) is 0 Å². The summed E-state index contributed by atoms with van der Waals surface area (Å²) in [5.74, 6) is 0.380. The van der Waals surface area contributed by atoms with Crippen LogP contribution in [0.2, 0.25) is 0 Å². The van der Waals surface area contributed by atoms with Gasteiger partial charge in [0, 0.05) is 6.54 Å². The first-order valence-electron chi connectivity index (χ1n) is 7.80. The first-order chi connectivity index (χ1) is 11.9. The smallest absolute Gasteiger partial charge is 0.250 e. The van der Waals surface area contributed by atoms with Crippen LogP contribution in [0, 0.1) is 6.92 Å². The summed E-state index contributed by atoms with van der Waals surface area (Å²) in [5, 5.41) is 4.52. The number of sulfonamides is 1. The molecule has 0 unspecified atom stereocenters. The van der Waals surface area contributed by atoms with Crippen LogP contribution < -0.4 is 10.0 Å². The Hall–Kier alpha value is -1.35. The second kappa shape index (κ2) is 9.38. The van der Waals surface area contributed by atoms with Gasteiger partial charge in [0.2, 0.25) is 5.91 Å². The summed E-state index contributed by atoms with van der Waals surface area (Å²) in [7, 11) is -3.68. The summed E-state index contributed by atoms with van der Waals surface area (Å²) in [5.41, 5.74) is 2.13. The number of hydrogen-bond acceptors (Lipinski definition) is 5. The molecule has 0 aliphatic rings. The molecule has 1 heterocycles. The topological polar surface area (TPSA) is 75.3 Å². The number of benzene rings is 1. The van der Waals surface area contributed by atoms with E-state index >= 15 is 0 Å². The van der Waals surface area contributed by atoms with Gasteiger partial charge in [0.1, 0.15) is 10.3 Å². The average molecular weight is 399 g/mol. The number of thioether (sulfide) groups is 1. The third-order valence-corrected chi connectivity index (χ3v) is 7.08. The van der Waals surface area contributed by atoms with E-state index in [0.29, 0.717) is 18.7 Å². The van der Waals surface area contributed by atoms with Gasteiger partial charge in [0.25, 0.3) is 10.0 Å². The SMILES string of the molecule is CSCC[C@@H](NS(=O)(=O)c1cccs1)C(=O)NCc1ccc(C)cc1. The van der Waals surface area contributed by atoms with E-state index in [1.165, 1.54) is 6.07 Å². The molecule has 0 radical (unpaired) electrons. The standard InChI is InChI=1S/C17H22N2O3S3/c1-13-5-7-14(8-6-13)12-18-17(20)15(9-11-23-2)19-25(21,22)16-4-3-10-24-16/h3-8,10,15,19H,9,11-12H2,1-2H3,(H,18,20)/t15-/m1/s1. The third kappa shape index (κ3) is 6.14. The highest BCUT2D eigenvalue weighted by Crippen LogP contribution is 2.16. The van der Waals surface area contributed by atoms with Crippen LogP contribution in [-0.4, -0.2) is 32.4 Å². The van der Waals surface area contributed by atoms with Gasteiger partial charge < -0.3 is 5.32 Å². The Labute approximate surface area is 157 Å². The zero-order chi connectivity index (χ0) is 18.3. The van der Waals surface area contributed by atoms with E-state index in [0.717, 1.165) is 22.5 Å². The molecule has 0 bridgehead atoms. The van der Waals surface area contributed by atoms with E-state index < -0.39 is 16.1 Å². The molecule has 1 aromatic heterocycles. The minimum atomic E-state index is -3.68. The van der Waals surface area contributed by atoms with Crippen molar-refractivity contribution in [1.29, 1.82) is 0 Å². The Kier molecular flexibility index (Phi) is 7.49. The number of carbonyl (C=O) groups excluding carboxylic acids is 1. The summed E-state index contributed by atoms with van der Waals surface area (Å²) in [6.07, 6.45) is 2.36. The van der Waals surface area contributed by atoms with E-state index in [9.17, 15) is 13.2 Å². The number of nitrogens with one attached hydrogen (secondary N) is 2. The Morgan fingerprint density at radius 1 is 1.24 bits per heavy atom. The maximum atomic E-state index is 12.5. The van der Waals surface area contributed by atoms with Crippen LogP contribution in [0.4, 0.5) is 0 Å². The Morgan fingerprint density at radius 3 is 2.56 bits per heavy atom. The van der Waals surface area contributed by atoms with E-state index in [4.69, 9.17) is 0 Å². The molecule has 0 spiro atoms. The maximum Gasteiger partial charge on any atom is 0.250 e. The van der Waals surface area contributed by atoms with E-state index in [-0.39, 0.29) is 10.1 Å². The van der Waals surface area contributed by atoms with Crippen LogP contribution in [-0.2, 0) is 21.4 Å². The highest BCUT2D eigenvalue weighted by Gasteiger charge is 2.25. The molecule has 8 heteroatoms. The lowest BCUT2D eigenvalue weighted by molar-refractivity contribution is -0.122. The largest absolute Gasteiger partial charge is 0.351 e. The van der Waals surface area contributed by atoms with Crippen molar-refractivity contribution in [3.63, 3.8) is 0 Å². The number of thiophene rings is 1.